The molecule has 0 amide bonds. The Kier molecular flexibility index (Phi) is 3.93. The maximum atomic E-state index is 2.37. The smallest absolute Gasteiger partial charge is 0.000793 e. The van der Waals surface area contributed by atoms with Crippen LogP contribution in [-0.4, -0.2) is 0 Å². The van der Waals surface area contributed by atoms with Crippen LogP contribution in [0.2, 0.25) is 0 Å². The van der Waals surface area contributed by atoms with Crippen molar-refractivity contribution in [2.75, 3.05) is 0 Å². The van der Waals surface area contributed by atoms with Gasteiger partial charge >= 0.3 is 0 Å². The average molecular weight is 469 g/mol. The highest BCUT2D eigenvalue weighted by molar-refractivity contribution is 6.47. The topological polar surface area (TPSA) is 0 Å². The molecular weight excluding hydrogens is 432 g/mol. The van der Waals surface area contributed by atoms with E-state index in [1.807, 2.05) is 0 Å². The van der Waals surface area contributed by atoms with Crippen molar-refractivity contribution in [2.24, 2.45) is 0 Å². The summed E-state index contributed by atoms with van der Waals surface area (Å²) in [6.45, 7) is 28.4. The van der Waals surface area contributed by atoms with Gasteiger partial charge < -0.3 is 0 Å². The van der Waals surface area contributed by atoms with Gasteiger partial charge in [-0.05, 0) is 214 Å². The lowest BCUT2D eigenvalue weighted by molar-refractivity contribution is 1.31. The fraction of sp³-hybridized carbons (Fsp3) is 0.333. The summed E-state index contributed by atoms with van der Waals surface area (Å²) in [6, 6.07) is 0. The van der Waals surface area contributed by atoms with Crippen molar-refractivity contribution < 1.29 is 0 Å². The molecule has 0 heterocycles. The number of benzene rings is 7. The molecule has 7 aromatic rings. The minimum atomic E-state index is 1.46. The van der Waals surface area contributed by atoms with Crippen molar-refractivity contribution in [1.29, 1.82) is 0 Å². The van der Waals surface area contributed by atoms with Gasteiger partial charge in [0.05, 0.1) is 0 Å². The highest BCUT2D eigenvalue weighted by Crippen LogP contribution is 2.56. The maximum Gasteiger partial charge on any atom is -0.000793 e. The Balaban J connectivity index is 2.14. The largest absolute Gasteiger partial charge is 0.0394 e. The fourth-order valence-electron chi connectivity index (χ4n) is 8.44. The van der Waals surface area contributed by atoms with Crippen LogP contribution < -0.4 is 0 Å². The van der Waals surface area contributed by atoms with Crippen molar-refractivity contribution in [3.8, 4) is 0 Å². The van der Waals surface area contributed by atoms with E-state index in [1.54, 1.807) is 0 Å². The Bertz CT molecular complexity index is 1610. The van der Waals surface area contributed by atoms with Gasteiger partial charge in [0.2, 0.25) is 0 Å². The van der Waals surface area contributed by atoms with Gasteiger partial charge in [0.25, 0.3) is 0 Å². The van der Waals surface area contributed by atoms with E-state index >= 15 is 0 Å². The van der Waals surface area contributed by atoms with Gasteiger partial charge in [0.15, 0.2) is 0 Å². The second-order valence-electron chi connectivity index (χ2n) is 12.0. The molecule has 0 aromatic heterocycles. The van der Waals surface area contributed by atoms with E-state index in [4.69, 9.17) is 0 Å². The van der Waals surface area contributed by atoms with Crippen LogP contribution in [0.25, 0.3) is 64.6 Å². The average Bonchev–Trinajstić information content (AvgIpc) is 2.83. The molecule has 7 aromatic carbocycles. The molecule has 0 unspecified atom stereocenters. The molecule has 0 bridgehead atoms. The zero-order chi connectivity index (χ0) is 25.9. The normalized spacial score (nSPS) is 13.0. The SMILES string of the molecule is Cc1c(C)c2c(C)c(C)c3c(C)c(C)c4c(C)c(C)c5c(C)c(C)c6c(C)c(C)c1c1c2c3c4c5c61. The predicted octanol–water partition coefficient (Wildman–Crippen LogP) is 10.6. The van der Waals surface area contributed by atoms with Crippen LogP contribution in [0.3, 0.4) is 0 Å². The standard InChI is InChI=1S/C36H36/c1-13-14(2)26-17(5)18(6)28-21(9)23(11)30-24(12)22(10)29-20(8)19(7)27-16(4)15(3)25(13)31-32(26)34(28)36(30)35(29)33(27)31/h1-12H3. The lowest BCUT2D eigenvalue weighted by atomic mass is 9.72. The fourth-order valence-corrected chi connectivity index (χ4v) is 8.44. The lowest BCUT2D eigenvalue weighted by Crippen LogP contribution is -2.06. The van der Waals surface area contributed by atoms with Crippen LogP contribution in [0.15, 0.2) is 0 Å². The van der Waals surface area contributed by atoms with Crippen LogP contribution >= 0.6 is 0 Å². The van der Waals surface area contributed by atoms with E-state index in [1.165, 1.54) is 131 Å². The molecule has 0 radical (unpaired) electrons. The molecule has 180 valence electrons. The Morgan fingerprint density at radius 2 is 0.222 bits per heavy atom. The minimum absolute atomic E-state index is 1.46. The minimum Gasteiger partial charge on any atom is -0.0394 e. The highest BCUT2D eigenvalue weighted by atomic mass is 14.3. The van der Waals surface area contributed by atoms with Crippen molar-refractivity contribution in [3.05, 3.63) is 66.8 Å². The van der Waals surface area contributed by atoms with Crippen LogP contribution in [-0.2, 0) is 0 Å². The summed E-state index contributed by atoms with van der Waals surface area (Å²) >= 11 is 0. The molecule has 0 atom stereocenters. The molecule has 0 nitrogen and oxygen atoms in total. The third-order valence-corrected chi connectivity index (χ3v) is 10.9. The summed E-state index contributed by atoms with van der Waals surface area (Å²) in [6.07, 6.45) is 0. The monoisotopic (exact) mass is 468 g/mol. The van der Waals surface area contributed by atoms with E-state index in [2.05, 4.69) is 83.1 Å². The Labute approximate surface area is 214 Å². The third-order valence-electron chi connectivity index (χ3n) is 10.9. The zero-order valence-electron chi connectivity index (χ0n) is 24.0. The number of hydrogen-bond acceptors (Lipinski definition) is 0. The van der Waals surface area contributed by atoms with Crippen LogP contribution in [0.1, 0.15) is 66.8 Å². The quantitative estimate of drug-likeness (QED) is 0.153. The Hall–Kier alpha value is -3.12. The number of aryl methyl sites for hydroxylation is 12. The summed E-state index contributed by atoms with van der Waals surface area (Å²) in [5.74, 6) is 0. The first-order chi connectivity index (χ1) is 16.9. The highest BCUT2D eigenvalue weighted by Gasteiger charge is 2.30. The molecule has 0 saturated carbocycles. The molecule has 0 aliphatic rings. The second kappa shape index (κ2) is 6.41. The third kappa shape index (κ3) is 2.02. The van der Waals surface area contributed by atoms with Crippen molar-refractivity contribution in [2.45, 2.75) is 83.1 Å². The van der Waals surface area contributed by atoms with E-state index in [0.29, 0.717) is 0 Å². The van der Waals surface area contributed by atoms with Gasteiger partial charge in [0.1, 0.15) is 0 Å². The number of rotatable bonds is 0. The van der Waals surface area contributed by atoms with Gasteiger partial charge in [-0.15, -0.1) is 0 Å². The summed E-state index contributed by atoms with van der Waals surface area (Å²) < 4.78 is 0. The predicted molar refractivity (Wildman–Crippen MR) is 162 cm³/mol. The molecule has 0 heteroatoms. The molecule has 0 saturated heterocycles. The van der Waals surface area contributed by atoms with Crippen molar-refractivity contribution >= 4 is 64.6 Å². The van der Waals surface area contributed by atoms with Gasteiger partial charge in [-0.2, -0.15) is 0 Å². The molecule has 0 aliphatic heterocycles. The van der Waals surface area contributed by atoms with E-state index < -0.39 is 0 Å². The van der Waals surface area contributed by atoms with Crippen molar-refractivity contribution in [3.63, 3.8) is 0 Å². The van der Waals surface area contributed by atoms with Crippen molar-refractivity contribution in [1.82, 2.24) is 0 Å². The maximum absolute atomic E-state index is 2.37. The zero-order valence-corrected chi connectivity index (χ0v) is 24.0. The van der Waals surface area contributed by atoms with Gasteiger partial charge in [-0.25, -0.2) is 0 Å². The van der Waals surface area contributed by atoms with Gasteiger partial charge in [0, 0.05) is 0 Å². The van der Waals surface area contributed by atoms with E-state index in [0.717, 1.165) is 0 Å². The first-order valence-electron chi connectivity index (χ1n) is 13.5. The first kappa shape index (κ1) is 22.1. The molecule has 0 spiro atoms. The molecule has 7 rings (SSSR count). The summed E-state index contributed by atoms with van der Waals surface area (Å²) in [4.78, 5) is 0. The molecule has 0 aliphatic carbocycles. The Morgan fingerprint density at radius 3 is 0.306 bits per heavy atom. The first-order valence-corrected chi connectivity index (χ1v) is 13.5. The van der Waals surface area contributed by atoms with Gasteiger partial charge in [-0.3, -0.25) is 0 Å². The van der Waals surface area contributed by atoms with Crippen LogP contribution in [0.5, 0.6) is 0 Å². The summed E-state index contributed by atoms with van der Waals surface area (Å²) in [5, 5.41) is 18.1. The summed E-state index contributed by atoms with van der Waals surface area (Å²) in [7, 11) is 0. The van der Waals surface area contributed by atoms with Crippen LogP contribution in [0, 0.1) is 83.1 Å². The molecule has 36 heavy (non-hydrogen) atoms. The molecule has 0 fully saturated rings. The summed E-state index contributed by atoms with van der Waals surface area (Å²) in [5.41, 5.74) is 17.5. The van der Waals surface area contributed by atoms with E-state index in [9.17, 15) is 0 Å². The molecule has 0 N–H and O–H groups in total. The van der Waals surface area contributed by atoms with E-state index in [-0.39, 0.29) is 0 Å². The lowest BCUT2D eigenvalue weighted by Gasteiger charge is -2.31. The number of hydrogen-bond donors (Lipinski definition) is 0. The van der Waals surface area contributed by atoms with Crippen LogP contribution in [0.4, 0.5) is 0 Å². The molecular formula is C36H36. The Morgan fingerprint density at radius 1 is 0.139 bits per heavy atom. The van der Waals surface area contributed by atoms with Gasteiger partial charge in [-0.1, -0.05) is 0 Å². The second-order valence-corrected chi connectivity index (χ2v) is 12.0.